The molecule has 0 bridgehead atoms. The number of benzene rings is 2. The van der Waals surface area contributed by atoms with E-state index < -0.39 is 11.6 Å². The summed E-state index contributed by atoms with van der Waals surface area (Å²) in [5.74, 6) is 0.0480. The molecule has 0 atom stereocenters. The van der Waals surface area contributed by atoms with E-state index in [-0.39, 0.29) is 5.91 Å². The fourth-order valence-electron chi connectivity index (χ4n) is 3.51. The molecule has 0 saturated carbocycles. The molecular weight excluding hydrogens is 382 g/mol. The van der Waals surface area contributed by atoms with Gasteiger partial charge in [0, 0.05) is 13.2 Å². The van der Waals surface area contributed by atoms with E-state index in [0.29, 0.717) is 36.8 Å². The fraction of sp³-hybridized carbons (Fsp3) is 0.417. The van der Waals surface area contributed by atoms with Gasteiger partial charge in [0.1, 0.15) is 5.75 Å². The van der Waals surface area contributed by atoms with Crippen LogP contribution in [0.25, 0.3) is 0 Å². The first-order valence-electron chi connectivity index (χ1n) is 10.2. The molecule has 2 aromatic rings. The number of nitrogens with zero attached hydrogens (tertiary/aromatic N) is 1. The van der Waals surface area contributed by atoms with E-state index in [1.807, 2.05) is 37.3 Å². The molecule has 0 unspecified atom stereocenters. The SMILES string of the molecule is COC(=O)c1cc2c(cc1C)OC(C)(C)C(=O)N2CCCCOCc1ccccc1. The highest BCUT2D eigenvalue weighted by molar-refractivity contribution is 6.04. The maximum Gasteiger partial charge on any atom is 0.338 e. The third-order valence-electron chi connectivity index (χ3n) is 5.16. The van der Waals surface area contributed by atoms with Gasteiger partial charge in [-0.25, -0.2) is 4.79 Å². The van der Waals surface area contributed by atoms with Gasteiger partial charge in [-0.05, 0) is 56.9 Å². The molecule has 3 rings (SSSR count). The molecular formula is C24H29NO5. The number of ether oxygens (including phenoxy) is 3. The number of methoxy groups -OCH3 is 1. The van der Waals surface area contributed by atoms with Gasteiger partial charge in [-0.2, -0.15) is 0 Å². The lowest BCUT2D eigenvalue weighted by Crippen LogP contribution is -2.52. The first kappa shape index (κ1) is 21.8. The van der Waals surface area contributed by atoms with Crippen LogP contribution in [-0.4, -0.2) is 37.7 Å². The van der Waals surface area contributed by atoms with Crippen molar-refractivity contribution < 1.29 is 23.8 Å². The van der Waals surface area contributed by atoms with Crippen LogP contribution in [0.4, 0.5) is 5.69 Å². The molecule has 0 saturated heterocycles. The average molecular weight is 411 g/mol. The van der Waals surface area contributed by atoms with Crippen LogP contribution in [-0.2, 0) is 20.9 Å². The Balaban J connectivity index is 1.66. The molecule has 6 heteroatoms. The molecule has 6 nitrogen and oxygen atoms in total. The summed E-state index contributed by atoms with van der Waals surface area (Å²) in [6, 6.07) is 13.5. The largest absolute Gasteiger partial charge is 0.476 e. The summed E-state index contributed by atoms with van der Waals surface area (Å²) < 4.78 is 16.5. The van der Waals surface area contributed by atoms with Crippen LogP contribution in [0.3, 0.4) is 0 Å². The molecule has 0 aromatic heterocycles. The number of hydrogen-bond acceptors (Lipinski definition) is 5. The molecule has 2 aromatic carbocycles. The predicted molar refractivity (Wildman–Crippen MR) is 115 cm³/mol. The van der Waals surface area contributed by atoms with Crippen molar-refractivity contribution in [1.29, 1.82) is 0 Å². The summed E-state index contributed by atoms with van der Waals surface area (Å²) in [4.78, 5) is 26.8. The van der Waals surface area contributed by atoms with Crippen molar-refractivity contribution in [2.45, 2.75) is 45.8 Å². The van der Waals surface area contributed by atoms with Crippen molar-refractivity contribution in [2.75, 3.05) is 25.2 Å². The molecule has 160 valence electrons. The number of anilines is 1. The van der Waals surface area contributed by atoms with Gasteiger partial charge in [0.25, 0.3) is 5.91 Å². The molecule has 1 heterocycles. The third kappa shape index (κ3) is 4.82. The Bertz CT molecular complexity index is 907. The maximum absolute atomic E-state index is 13.0. The lowest BCUT2D eigenvalue weighted by atomic mass is 10.00. The van der Waals surface area contributed by atoms with E-state index in [1.54, 1.807) is 30.9 Å². The number of esters is 1. The minimum absolute atomic E-state index is 0.125. The topological polar surface area (TPSA) is 65.1 Å². The number of carbonyl (C=O) groups is 2. The molecule has 0 radical (unpaired) electrons. The van der Waals surface area contributed by atoms with Crippen molar-refractivity contribution >= 4 is 17.6 Å². The van der Waals surface area contributed by atoms with E-state index in [2.05, 4.69) is 0 Å². The lowest BCUT2D eigenvalue weighted by molar-refractivity contribution is -0.132. The smallest absolute Gasteiger partial charge is 0.338 e. The second kappa shape index (κ2) is 9.30. The summed E-state index contributed by atoms with van der Waals surface area (Å²) in [7, 11) is 1.35. The second-order valence-corrected chi connectivity index (χ2v) is 7.94. The highest BCUT2D eigenvalue weighted by Gasteiger charge is 2.41. The van der Waals surface area contributed by atoms with Crippen molar-refractivity contribution in [3.05, 3.63) is 59.2 Å². The minimum Gasteiger partial charge on any atom is -0.476 e. The highest BCUT2D eigenvalue weighted by Crippen LogP contribution is 2.40. The molecule has 0 aliphatic carbocycles. The van der Waals surface area contributed by atoms with Gasteiger partial charge < -0.3 is 19.1 Å². The monoisotopic (exact) mass is 411 g/mol. The molecule has 1 aliphatic rings. The average Bonchev–Trinajstić information content (AvgIpc) is 2.72. The Labute approximate surface area is 177 Å². The zero-order valence-corrected chi connectivity index (χ0v) is 18.1. The van der Waals surface area contributed by atoms with Crippen molar-refractivity contribution in [1.82, 2.24) is 0 Å². The van der Waals surface area contributed by atoms with Crippen LogP contribution in [0.2, 0.25) is 0 Å². The molecule has 30 heavy (non-hydrogen) atoms. The van der Waals surface area contributed by atoms with E-state index in [1.165, 1.54) is 7.11 Å². The number of fused-ring (bicyclic) bond motifs is 1. The summed E-state index contributed by atoms with van der Waals surface area (Å²) in [6.45, 7) is 7.07. The standard InChI is InChI=1S/C24H29NO5/c1-17-14-21-20(15-19(17)22(26)28-4)25(23(27)24(2,3)30-21)12-8-9-13-29-16-18-10-6-5-7-11-18/h5-7,10-11,14-15H,8-9,12-13,16H2,1-4H3. The molecule has 0 spiro atoms. The number of rotatable bonds is 8. The van der Waals surface area contributed by atoms with E-state index in [0.717, 1.165) is 24.0 Å². The molecule has 0 N–H and O–H groups in total. The Kier molecular flexibility index (Phi) is 6.77. The Hall–Kier alpha value is -2.86. The number of aryl methyl sites for hydroxylation is 1. The molecule has 1 amide bonds. The van der Waals surface area contributed by atoms with Crippen LogP contribution < -0.4 is 9.64 Å². The maximum atomic E-state index is 13.0. The lowest BCUT2D eigenvalue weighted by Gasteiger charge is -2.39. The van der Waals surface area contributed by atoms with Gasteiger partial charge >= 0.3 is 5.97 Å². The van der Waals surface area contributed by atoms with E-state index in [9.17, 15) is 9.59 Å². The zero-order valence-electron chi connectivity index (χ0n) is 18.1. The van der Waals surface area contributed by atoms with Crippen LogP contribution in [0, 0.1) is 6.92 Å². The van der Waals surface area contributed by atoms with Crippen LogP contribution in [0.15, 0.2) is 42.5 Å². The van der Waals surface area contributed by atoms with Crippen molar-refractivity contribution in [2.24, 2.45) is 0 Å². The van der Waals surface area contributed by atoms with Gasteiger partial charge in [0.2, 0.25) is 0 Å². The van der Waals surface area contributed by atoms with E-state index in [4.69, 9.17) is 14.2 Å². The van der Waals surface area contributed by atoms with Gasteiger partial charge in [0.05, 0.1) is 25.0 Å². The number of unbranched alkanes of at least 4 members (excludes halogenated alkanes) is 1. The summed E-state index contributed by atoms with van der Waals surface area (Å²) in [5, 5.41) is 0. The number of hydrogen-bond donors (Lipinski definition) is 0. The Morgan fingerprint density at radius 2 is 1.87 bits per heavy atom. The molecule has 1 aliphatic heterocycles. The highest BCUT2D eigenvalue weighted by atomic mass is 16.5. The van der Waals surface area contributed by atoms with Crippen LogP contribution >= 0.6 is 0 Å². The van der Waals surface area contributed by atoms with Gasteiger partial charge in [0.15, 0.2) is 5.60 Å². The Morgan fingerprint density at radius 3 is 2.57 bits per heavy atom. The summed E-state index contributed by atoms with van der Waals surface area (Å²) in [5.41, 5.74) is 1.97. The van der Waals surface area contributed by atoms with Crippen molar-refractivity contribution in [3.8, 4) is 5.75 Å². The number of carbonyl (C=O) groups excluding carboxylic acids is 2. The molecule has 0 fully saturated rings. The first-order chi connectivity index (χ1) is 14.3. The van der Waals surface area contributed by atoms with Crippen molar-refractivity contribution in [3.63, 3.8) is 0 Å². The predicted octanol–water partition coefficient (Wildman–Crippen LogP) is 4.28. The van der Waals surface area contributed by atoms with Gasteiger partial charge in [-0.3, -0.25) is 4.79 Å². The second-order valence-electron chi connectivity index (χ2n) is 7.94. The fourth-order valence-corrected chi connectivity index (χ4v) is 3.51. The summed E-state index contributed by atoms with van der Waals surface area (Å²) in [6.07, 6.45) is 1.60. The van der Waals surface area contributed by atoms with Gasteiger partial charge in [-0.1, -0.05) is 30.3 Å². The third-order valence-corrected chi connectivity index (χ3v) is 5.16. The number of amides is 1. The van der Waals surface area contributed by atoms with Crippen LogP contribution in [0.1, 0.15) is 48.2 Å². The first-order valence-corrected chi connectivity index (χ1v) is 10.2. The van der Waals surface area contributed by atoms with Crippen LogP contribution in [0.5, 0.6) is 5.75 Å². The summed E-state index contributed by atoms with van der Waals surface area (Å²) >= 11 is 0. The van der Waals surface area contributed by atoms with E-state index >= 15 is 0 Å². The minimum atomic E-state index is -0.962. The normalized spacial score (nSPS) is 14.8. The quantitative estimate of drug-likeness (QED) is 0.479. The Morgan fingerprint density at radius 1 is 1.13 bits per heavy atom. The van der Waals surface area contributed by atoms with Gasteiger partial charge in [-0.15, -0.1) is 0 Å². The zero-order chi connectivity index (χ0) is 21.7.